The van der Waals surface area contributed by atoms with Crippen LogP contribution in [-0.4, -0.2) is 59.6 Å². The molecule has 0 aromatic rings. The zero-order valence-electron chi connectivity index (χ0n) is 2.81. The van der Waals surface area contributed by atoms with Crippen molar-refractivity contribution >= 4 is 37.7 Å². The molecule has 0 fully saturated rings. The molecule has 6 heteroatoms. The summed E-state index contributed by atoms with van der Waals surface area (Å²) in [5.74, 6) is 0. The average Bonchev–Trinajstić information content (AvgIpc) is 0. The van der Waals surface area contributed by atoms with E-state index in [1.165, 1.54) is 0 Å². The van der Waals surface area contributed by atoms with Gasteiger partial charge in [-0.3, -0.25) is 0 Å². The van der Waals surface area contributed by atoms with Gasteiger partial charge in [0, 0.05) is 0 Å². The summed E-state index contributed by atoms with van der Waals surface area (Å²) in [5.41, 5.74) is 0. The van der Waals surface area contributed by atoms with Gasteiger partial charge < -0.3 is 21.9 Å². The molecule has 0 radical (unpaired) electrons. The first-order valence-electron chi connectivity index (χ1n) is 0. The molecule has 0 aromatic heterocycles. The van der Waals surface area contributed by atoms with Gasteiger partial charge in [0.1, 0.15) is 0 Å². The van der Waals surface area contributed by atoms with Gasteiger partial charge in [-0.15, -0.1) is 0 Å². The molecule has 0 rings (SSSR count). The van der Waals surface area contributed by atoms with Crippen molar-refractivity contribution in [3.8, 4) is 0 Å². The SMILES string of the molecule is [Ca+2].[Ni+2].[OH-].[OH-].[OH-].[OH-]. The Labute approximate surface area is 75.5 Å². The standard InChI is InChI=1S/Ca.Ni.4H2O/h;;4*1H2/q2*+2;;;;/p-4. The van der Waals surface area contributed by atoms with E-state index >= 15 is 0 Å². The third kappa shape index (κ3) is 46.5. The minimum Gasteiger partial charge on any atom is -0.870 e. The van der Waals surface area contributed by atoms with Crippen molar-refractivity contribution in [3.05, 3.63) is 0 Å². The van der Waals surface area contributed by atoms with E-state index < -0.39 is 0 Å². The van der Waals surface area contributed by atoms with Crippen molar-refractivity contribution in [3.63, 3.8) is 0 Å². The first-order valence-corrected chi connectivity index (χ1v) is 0. The Kier molecular flexibility index (Phi) is 1760. The molecule has 0 unspecified atom stereocenters. The Morgan fingerprint density at radius 2 is 0.500 bits per heavy atom. The Morgan fingerprint density at radius 3 is 0.500 bits per heavy atom. The van der Waals surface area contributed by atoms with Gasteiger partial charge in [-0.05, 0) is 0 Å². The van der Waals surface area contributed by atoms with E-state index in [-0.39, 0.29) is 76.1 Å². The maximum Gasteiger partial charge on any atom is 2.00 e. The fraction of sp³-hybridized carbons (Fsp3) is 0. The van der Waals surface area contributed by atoms with Gasteiger partial charge in [-0.1, -0.05) is 0 Å². The van der Waals surface area contributed by atoms with Gasteiger partial charge in [0.2, 0.25) is 0 Å². The Balaban J connectivity index is 0. The molecule has 0 spiro atoms. The van der Waals surface area contributed by atoms with E-state index in [0.29, 0.717) is 0 Å². The zero-order valence-corrected chi connectivity index (χ0v) is 6.01. The summed E-state index contributed by atoms with van der Waals surface area (Å²) >= 11 is 0. The van der Waals surface area contributed by atoms with Crippen LogP contribution in [-0.2, 0) is 16.5 Å². The Hall–Kier alpha value is 1.59. The molecular formula is H4CaNiO4. The van der Waals surface area contributed by atoms with Gasteiger partial charge in [-0.25, -0.2) is 0 Å². The molecular weight excluding hydrogens is 163 g/mol. The van der Waals surface area contributed by atoms with Crippen LogP contribution in [0.1, 0.15) is 0 Å². The van der Waals surface area contributed by atoms with Crippen molar-refractivity contribution in [1.82, 2.24) is 0 Å². The third-order valence-electron chi connectivity index (χ3n) is 0. The molecule has 0 aliphatic heterocycles. The van der Waals surface area contributed by atoms with Crippen LogP contribution in [0.15, 0.2) is 0 Å². The van der Waals surface area contributed by atoms with Crippen LogP contribution >= 0.6 is 0 Å². The van der Waals surface area contributed by atoms with Crippen LogP contribution in [0.5, 0.6) is 0 Å². The second-order valence-electron chi connectivity index (χ2n) is 0. The van der Waals surface area contributed by atoms with Crippen molar-refractivity contribution in [1.29, 1.82) is 0 Å². The molecule has 4 N–H and O–H groups in total. The molecule has 0 saturated heterocycles. The monoisotopic (exact) mass is 166 g/mol. The van der Waals surface area contributed by atoms with Crippen molar-refractivity contribution in [2.75, 3.05) is 0 Å². The van der Waals surface area contributed by atoms with E-state index in [4.69, 9.17) is 0 Å². The first kappa shape index (κ1) is 130. The number of hydrogen-bond donors (Lipinski definition) is 0. The molecule has 0 heterocycles. The normalized spacial score (nSPS) is 0. The van der Waals surface area contributed by atoms with E-state index in [1.54, 1.807) is 0 Å². The van der Waals surface area contributed by atoms with E-state index in [0.717, 1.165) is 0 Å². The van der Waals surface area contributed by atoms with Gasteiger partial charge >= 0.3 is 54.2 Å². The van der Waals surface area contributed by atoms with Crippen LogP contribution in [0.2, 0.25) is 0 Å². The largest absolute Gasteiger partial charge is 2.00 e. The second-order valence-corrected chi connectivity index (χ2v) is 0. The van der Waals surface area contributed by atoms with Crippen molar-refractivity contribution < 1.29 is 38.4 Å². The molecule has 0 bridgehead atoms. The second kappa shape index (κ2) is 81.3. The maximum absolute atomic E-state index is 0. The zero-order chi connectivity index (χ0) is 0. The summed E-state index contributed by atoms with van der Waals surface area (Å²) in [6, 6.07) is 0. The van der Waals surface area contributed by atoms with Crippen LogP contribution in [0.4, 0.5) is 0 Å². The molecule has 6 heavy (non-hydrogen) atoms. The predicted molar refractivity (Wildman–Crippen MR) is 13.5 cm³/mol. The summed E-state index contributed by atoms with van der Waals surface area (Å²) in [6.07, 6.45) is 0. The van der Waals surface area contributed by atoms with Gasteiger partial charge in [0.15, 0.2) is 0 Å². The summed E-state index contributed by atoms with van der Waals surface area (Å²) in [5, 5.41) is 0. The van der Waals surface area contributed by atoms with Gasteiger partial charge in [-0.2, -0.15) is 0 Å². The smallest absolute Gasteiger partial charge is 0.870 e. The van der Waals surface area contributed by atoms with Crippen LogP contribution in [0, 0.1) is 0 Å². The Bertz CT molecular complexity index is 7.51. The quantitative estimate of drug-likeness (QED) is 0.425. The molecule has 0 aromatic carbocycles. The summed E-state index contributed by atoms with van der Waals surface area (Å²) in [6.45, 7) is 0. The van der Waals surface area contributed by atoms with E-state index in [1.807, 2.05) is 0 Å². The molecule has 0 atom stereocenters. The fourth-order valence-corrected chi connectivity index (χ4v) is 0. The van der Waals surface area contributed by atoms with Gasteiger partial charge in [0.05, 0.1) is 0 Å². The van der Waals surface area contributed by atoms with E-state index in [9.17, 15) is 0 Å². The first-order chi connectivity index (χ1) is 0. The average molecular weight is 167 g/mol. The predicted octanol–water partition coefficient (Wildman–Crippen LogP) is -1.09. The van der Waals surface area contributed by atoms with E-state index in [2.05, 4.69) is 0 Å². The summed E-state index contributed by atoms with van der Waals surface area (Å²) < 4.78 is 0. The molecule has 0 aliphatic rings. The van der Waals surface area contributed by atoms with Crippen molar-refractivity contribution in [2.45, 2.75) is 0 Å². The third-order valence-corrected chi connectivity index (χ3v) is 0. The molecule has 0 aliphatic carbocycles. The minimum atomic E-state index is 0. The molecule has 0 amide bonds. The Morgan fingerprint density at radius 1 is 0.500 bits per heavy atom. The molecule has 40 valence electrons. The van der Waals surface area contributed by atoms with Crippen LogP contribution < -0.4 is 0 Å². The fourth-order valence-electron chi connectivity index (χ4n) is 0. The van der Waals surface area contributed by atoms with Crippen LogP contribution in [0.25, 0.3) is 0 Å². The summed E-state index contributed by atoms with van der Waals surface area (Å²) in [7, 11) is 0. The summed E-state index contributed by atoms with van der Waals surface area (Å²) in [4.78, 5) is 0. The molecule has 0 saturated carbocycles. The molecule has 4 nitrogen and oxygen atoms in total. The number of hydrogen-bond acceptors (Lipinski definition) is 4. The van der Waals surface area contributed by atoms with Gasteiger partial charge in [0.25, 0.3) is 0 Å². The van der Waals surface area contributed by atoms with Crippen LogP contribution in [0.3, 0.4) is 0 Å². The minimum absolute atomic E-state index is 0. The number of rotatable bonds is 0. The maximum atomic E-state index is 0. The topological polar surface area (TPSA) is 120 Å². The van der Waals surface area contributed by atoms with Crippen molar-refractivity contribution in [2.24, 2.45) is 0 Å².